The van der Waals surface area contributed by atoms with E-state index in [1.54, 1.807) is 0 Å². The predicted molar refractivity (Wildman–Crippen MR) is 61.4 cm³/mol. The molecule has 1 aliphatic heterocycles. The molecule has 1 aromatic heterocycles. The normalized spacial score (nSPS) is 25.1. The summed E-state index contributed by atoms with van der Waals surface area (Å²) in [6, 6.07) is 2.02. The third-order valence-corrected chi connectivity index (χ3v) is 3.73. The highest BCUT2D eigenvalue weighted by Crippen LogP contribution is 2.29. The number of aromatic nitrogens is 1. The van der Waals surface area contributed by atoms with Gasteiger partial charge in [-0.2, -0.15) is 5.26 Å². The van der Waals surface area contributed by atoms with Gasteiger partial charge in [-0.05, 0) is 19.9 Å². The summed E-state index contributed by atoms with van der Waals surface area (Å²) in [7, 11) is 0. The molecule has 2 heterocycles. The lowest BCUT2D eigenvalue weighted by atomic mass is 10.0. The lowest BCUT2D eigenvalue weighted by molar-refractivity contribution is 0.566. The van der Waals surface area contributed by atoms with E-state index in [0.29, 0.717) is 10.0 Å². The highest BCUT2D eigenvalue weighted by atomic mass is 35.5. The molecule has 4 nitrogen and oxygen atoms in total. The summed E-state index contributed by atoms with van der Waals surface area (Å²) in [5.74, 6) is 0. The Balaban J connectivity index is 2.14. The van der Waals surface area contributed by atoms with Gasteiger partial charge in [0.25, 0.3) is 0 Å². The van der Waals surface area contributed by atoms with E-state index in [2.05, 4.69) is 22.5 Å². The van der Waals surface area contributed by atoms with Gasteiger partial charge in [0.15, 0.2) is 10.3 Å². The third-order valence-electron chi connectivity index (χ3n) is 2.46. The van der Waals surface area contributed by atoms with Crippen LogP contribution in [0.3, 0.4) is 0 Å². The molecule has 0 aliphatic carbocycles. The fourth-order valence-electron chi connectivity index (χ4n) is 1.61. The molecule has 0 bridgehead atoms. The van der Waals surface area contributed by atoms with Crippen LogP contribution in [0.1, 0.15) is 18.2 Å². The number of nitrogens with one attached hydrogen (secondary N) is 2. The minimum absolute atomic E-state index is 0.0217. The molecular weight excluding hydrogens is 232 g/mol. The SMILES string of the molecule is CC1(Nc2nc(Cl)c(C#N)s2)CCNC1. The molecule has 0 spiro atoms. The Bertz CT molecular complexity index is 403. The Labute approximate surface area is 97.3 Å². The zero-order valence-corrected chi connectivity index (χ0v) is 9.87. The number of nitriles is 1. The van der Waals surface area contributed by atoms with Gasteiger partial charge < -0.3 is 10.6 Å². The molecular formula is C9H11ClN4S. The first-order valence-corrected chi connectivity index (χ1v) is 5.88. The maximum atomic E-state index is 8.75. The highest BCUT2D eigenvalue weighted by Gasteiger charge is 2.29. The van der Waals surface area contributed by atoms with Crippen molar-refractivity contribution >= 4 is 28.1 Å². The Kier molecular flexibility index (Phi) is 2.83. The van der Waals surface area contributed by atoms with Crippen molar-refractivity contribution in [1.82, 2.24) is 10.3 Å². The Morgan fingerprint density at radius 3 is 3.07 bits per heavy atom. The standard InChI is InChI=1S/C9H11ClN4S/c1-9(2-3-12-5-9)14-8-13-7(10)6(4-11)15-8/h12H,2-3,5H2,1H3,(H,13,14). The molecule has 15 heavy (non-hydrogen) atoms. The molecule has 0 saturated carbocycles. The number of thiazole rings is 1. The van der Waals surface area contributed by atoms with E-state index < -0.39 is 0 Å². The van der Waals surface area contributed by atoms with Crippen LogP contribution in [0.25, 0.3) is 0 Å². The molecule has 6 heteroatoms. The highest BCUT2D eigenvalue weighted by molar-refractivity contribution is 7.16. The molecule has 80 valence electrons. The first-order valence-electron chi connectivity index (χ1n) is 4.68. The molecule has 1 fully saturated rings. The predicted octanol–water partition coefficient (Wildman–Crippen LogP) is 1.83. The number of nitrogens with zero attached hydrogens (tertiary/aromatic N) is 2. The maximum absolute atomic E-state index is 8.75. The van der Waals surface area contributed by atoms with Crippen LogP contribution < -0.4 is 10.6 Å². The molecule has 0 aromatic carbocycles. The maximum Gasteiger partial charge on any atom is 0.185 e. The largest absolute Gasteiger partial charge is 0.355 e. The molecule has 1 aromatic rings. The van der Waals surface area contributed by atoms with E-state index in [-0.39, 0.29) is 5.54 Å². The second kappa shape index (κ2) is 3.97. The van der Waals surface area contributed by atoms with E-state index in [0.717, 1.165) is 24.6 Å². The smallest absolute Gasteiger partial charge is 0.185 e. The molecule has 1 atom stereocenters. The minimum atomic E-state index is 0.0217. The van der Waals surface area contributed by atoms with Crippen LogP contribution in [0.5, 0.6) is 0 Å². The third kappa shape index (κ3) is 2.23. The van der Waals surface area contributed by atoms with E-state index >= 15 is 0 Å². The second-order valence-corrected chi connectivity index (χ2v) is 5.22. The summed E-state index contributed by atoms with van der Waals surface area (Å²) in [5.41, 5.74) is 0.0217. The van der Waals surface area contributed by atoms with Crippen molar-refractivity contribution < 1.29 is 0 Å². The van der Waals surface area contributed by atoms with Crippen LogP contribution in [0.2, 0.25) is 5.15 Å². The van der Waals surface area contributed by atoms with E-state index in [1.807, 2.05) is 6.07 Å². The van der Waals surface area contributed by atoms with Gasteiger partial charge in [0, 0.05) is 6.54 Å². The van der Waals surface area contributed by atoms with Crippen molar-refractivity contribution in [1.29, 1.82) is 5.26 Å². The van der Waals surface area contributed by atoms with Gasteiger partial charge in [0.1, 0.15) is 10.9 Å². The first kappa shape index (κ1) is 10.7. The number of rotatable bonds is 2. The van der Waals surface area contributed by atoms with Crippen LogP contribution in [-0.4, -0.2) is 23.6 Å². The van der Waals surface area contributed by atoms with Crippen LogP contribution >= 0.6 is 22.9 Å². The molecule has 0 amide bonds. The molecule has 1 saturated heterocycles. The average molecular weight is 243 g/mol. The Morgan fingerprint density at radius 1 is 1.73 bits per heavy atom. The summed E-state index contributed by atoms with van der Waals surface area (Å²) in [4.78, 5) is 4.58. The van der Waals surface area contributed by atoms with Gasteiger partial charge in [-0.3, -0.25) is 0 Å². The molecule has 0 radical (unpaired) electrons. The Morgan fingerprint density at radius 2 is 2.53 bits per heavy atom. The van der Waals surface area contributed by atoms with Crippen LogP contribution in [0.4, 0.5) is 5.13 Å². The van der Waals surface area contributed by atoms with E-state index in [4.69, 9.17) is 16.9 Å². The van der Waals surface area contributed by atoms with Crippen molar-refractivity contribution in [2.24, 2.45) is 0 Å². The summed E-state index contributed by atoms with van der Waals surface area (Å²) in [6.45, 7) is 4.05. The molecule has 2 N–H and O–H groups in total. The van der Waals surface area contributed by atoms with Gasteiger partial charge in [-0.25, -0.2) is 4.98 Å². The minimum Gasteiger partial charge on any atom is -0.355 e. The summed E-state index contributed by atoms with van der Waals surface area (Å²) in [5, 5.41) is 16.4. The van der Waals surface area contributed by atoms with E-state index in [1.165, 1.54) is 11.3 Å². The first-order chi connectivity index (χ1) is 7.13. The van der Waals surface area contributed by atoms with Crippen molar-refractivity contribution in [3.05, 3.63) is 10.0 Å². The lowest BCUT2D eigenvalue weighted by Crippen LogP contribution is -2.36. The quantitative estimate of drug-likeness (QED) is 0.831. The fourth-order valence-corrected chi connectivity index (χ4v) is 2.70. The summed E-state index contributed by atoms with van der Waals surface area (Å²) < 4.78 is 0. The average Bonchev–Trinajstić information content (AvgIpc) is 2.73. The number of hydrogen-bond acceptors (Lipinski definition) is 5. The second-order valence-electron chi connectivity index (χ2n) is 3.86. The van der Waals surface area contributed by atoms with Crippen molar-refractivity contribution in [2.45, 2.75) is 18.9 Å². The fraction of sp³-hybridized carbons (Fsp3) is 0.556. The number of anilines is 1. The van der Waals surface area contributed by atoms with Crippen LogP contribution in [0.15, 0.2) is 0 Å². The Hall–Kier alpha value is -0.830. The zero-order valence-electron chi connectivity index (χ0n) is 8.30. The monoisotopic (exact) mass is 242 g/mol. The molecule has 1 unspecified atom stereocenters. The molecule has 1 aliphatic rings. The van der Waals surface area contributed by atoms with Crippen molar-refractivity contribution in [3.8, 4) is 6.07 Å². The van der Waals surface area contributed by atoms with Crippen molar-refractivity contribution in [3.63, 3.8) is 0 Å². The summed E-state index contributed by atoms with van der Waals surface area (Å²) in [6.07, 6.45) is 1.05. The van der Waals surface area contributed by atoms with Crippen LogP contribution in [0, 0.1) is 11.3 Å². The van der Waals surface area contributed by atoms with E-state index in [9.17, 15) is 0 Å². The zero-order chi connectivity index (χ0) is 10.9. The van der Waals surface area contributed by atoms with Crippen molar-refractivity contribution in [2.75, 3.05) is 18.4 Å². The molecule has 2 rings (SSSR count). The number of hydrogen-bond donors (Lipinski definition) is 2. The van der Waals surface area contributed by atoms with Gasteiger partial charge in [-0.15, -0.1) is 0 Å². The summed E-state index contributed by atoms with van der Waals surface area (Å²) >= 11 is 7.10. The number of halogens is 1. The van der Waals surface area contributed by atoms with Gasteiger partial charge >= 0.3 is 0 Å². The van der Waals surface area contributed by atoms with Crippen LogP contribution in [-0.2, 0) is 0 Å². The van der Waals surface area contributed by atoms with Gasteiger partial charge in [0.05, 0.1) is 5.54 Å². The topological polar surface area (TPSA) is 60.7 Å². The lowest BCUT2D eigenvalue weighted by Gasteiger charge is -2.23. The van der Waals surface area contributed by atoms with Gasteiger partial charge in [0.2, 0.25) is 0 Å². The van der Waals surface area contributed by atoms with Gasteiger partial charge in [-0.1, -0.05) is 22.9 Å².